The van der Waals surface area contributed by atoms with Gasteiger partial charge in [0, 0.05) is 25.7 Å². The Kier molecular flexibility index (Phi) is 57.6. The zero-order valence-corrected chi connectivity index (χ0v) is 59.1. The van der Waals surface area contributed by atoms with E-state index in [9.17, 15) is 43.2 Å². The molecule has 19 heteroatoms. The van der Waals surface area contributed by atoms with Crippen LogP contribution in [0.15, 0.2) is 0 Å². The van der Waals surface area contributed by atoms with Gasteiger partial charge in [0.2, 0.25) is 0 Å². The number of aliphatic hydroxyl groups is 1. The van der Waals surface area contributed by atoms with E-state index in [0.29, 0.717) is 31.6 Å². The Balaban J connectivity index is 5.23. The van der Waals surface area contributed by atoms with E-state index >= 15 is 0 Å². The average molecular weight is 1300 g/mol. The lowest BCUT2D eigenvalue weighted by molar-refractivity contribution is -0.161. The number of esters is 4. The van der Waals surface area contributed by atoms with Crippen LogP contribution in [0.4, 0.5) is 0 Å². The standard InChI is InChI=1S/C69H134O17P2/c1-9-61(7)47-39-31-23-18-19-25-35-43-51-68(73)85-64(55-80-67(72)50-42-34-26-20-22-30-38-46-60(5)6)57-83-87(75,76)81-53-63(70)54-82-88(77,78)84-58-65(86-69(74)52-44-36-28-27-32-40-48-62(8)10-2)56-79-66(71)49-41-33-24-17-15-13-11-12-14-16-21-29-37-45-59(3)4/h59-65,70H,9-58H2,1-8H3,(H,75,76)(H,77,78)/t61?,62?,63?,64-,65-/m1/s1. The molecule has 0 bridgehead atoms. The number of carbonyl (C=O) groups is 4. The third-order valence-electron chi connectivity index (χ3n) is 16.5. The van der Waals surface area contributed by atoms with Crippen LogP contribution in [-0.2, 0) is 65.4 Å². The van der Waals surface area contributed by atoms with Gasteiger partial charge in [0.05, 0.1) is 26.4 Å². The van der Waals surface area contributed by atoms with E-state index in [1.54, 1.807) is 0 Å². The fraction of sp³-hybridized carbons (Fsp3) is 0.942. The fourth-order valence-corrected chi connectivity index (χ4v) is 11.8. The van der Waals surface area contributed by atoms with Gasteiger partial charge in [-0.3, -0.25) is 37.3 Å². The topological polar surface area (TPSA) is 237 Å². The minimum absolute atomic E-state index is 0.102. The molecule has 0 aromatic rings. The number of ether oxygens (including phenoxy) is 4. The first kappa shape index (κ1) is 86.1. The Hall–Kier alpha value is -1.94. The van der Waals surface area contributed by atoms with Crippen LogP contribution < -0.4 is 0 Å². The van der Waals surface area contributed by atoms with Crippen LogP contribution in [0.3, 0.4) is 0 Å². The van der Waals surface area contributed by atoms with Crippen molar-refractivity contribution in [3.63, 3.8) is 0 Å². The summed E-state index contributed by atoms with van der Waals surface area (Å²) in [5, 5.41) is 10.6. The number of carbonyl (C=O) groups excluding carboxylic acids is 4. The van der Waals surface area contributed by atoms with Crippen molar-refractivity contribution in [3.8, 4) is 0 Å². The van der Waals surface area contributed by atoms with Crippen molar-refractivity contribution in [1.29, 1.82) is 0 Å². The summed E-state index contributed by atoms with van der Waals surface area (Å²) in [5.41, 5.74) is 0. The summed E-state index contributed by atoms with van der Waals surface area (Å²) in [5.74, 6) is 0.851. The number of phosphoric ester groups is 2. The Morgan fingerprint density at radius 3 is 0.807 bits per heavy atom. The zero-order chi connectivity index (χ0) is 65.4. The molecule has 0 saturated carbocycles. The summed E-state index contributed by atoms with van der Waals surface area (Å²) >= 11 is 0. The molecular formula is C69H134O17P2. The molecule has 17 nitrogen and oxygen atoms in total. The molecule has 0 heterocycles. The predicted molar refractivity (Wildman–Crippen MR) is 354 cm³/mol. The predicted octanol–water partition coefficient (Wildman–Crippen LogP) is 19.3. The van der Waals surface area contributed by atoms with E-state index in [1.165, 1.54) is 135 Å². The highest BCUT2D eigenvalue weighted by Crippen LogP contribution is 2.45. The van der Waals surface area contributed by atoms with E-state index < -0.39 is 97.5 Å². The number of aliphatic hydroxyl groups excluding tert-OH is 1. The smallest absolute Gasteiger partial charge is 0.462 e. The number of phosphoric acid groups is 2. The van der Waals surface area contributed by atoms with Gasteiger partial charge in [-0.1, -0.05) is 287 Å². The van der Waals surface area contributed by atoms with Crippen LogP contribution >= 0.6 is 15.6 Å². The molecule has 0 aromatic carbocycles. The lowest BCUT2D eigenvalue weighted by Gasteiger charge is -2.21. The van der Waals surface area contributed by atoms with E-state index in [4.69, 9.17) is 37.0 Å². The number of hydrogen-bond acceptors (Lipinski definition) is 15. The van der Waals surface area contributed by atoms with Crippen LogP contribution in [0.1, 0.15) is 338 Å². The Morgan fingerprint density at radius 2 is 0.545 bits per heavy atom. The van der Waals surface area contributed by atoms with Crippen molar-refractivity contribution >= 4 is 39.5 Å². The van der Waals surface area contributed by atoms with Gasteiger partial charge in [0.25, 0.3) is 0 Å². The molecule has 0 radical (unpaired) electrons. The molecule has 0 aliphatic heterocycles. The van der Waals surface area contributed by atoms with Crippen molar-refractivity contribution in [1.82, 2.24) is 0 Å². The monoisotopic (exact) mass is 1300 g/mol. The molecule has 0 amide bonds. The number of rotatable bonds is 66. The minimum Gasteiger partial charge on any atom is -0.462 e. The summed E-state index contributed by atoms with van der Waals surface area (Å²) in [4.78, 5) is 72.5. The number of hydrogen-bond donors (Lipinski definition) is 3. The third kappa shape index (κ3) is 60.3. The average Bonchev–Trinajstić information content (AvgIpc) is 3.55. The fourth-order valence-electron chi connectivity index (χ4n) is 10.2. The quantitative estimate of drug-likeness (QED) is 0.0222. The molecule has 0 aliphatic rings. The molecule has 88 heavy (non-hydrogen) atoms. The highest BCUT2D eigenvalue weighted by Gasteiger charge is 2.30. The van der Waals surface area contributed by atoms with E-state index in [-0.39, 0.29) is 25.7 Å². The molecule has 7 atom stereocenters. The lowest BCUT2D eigenvalue weighted by Crippen LogP contribution is -2.30. The first-order valence-corrected chi connectivity index (χ1v) is 38.8. The Bertz CT molecular complexity index is 1750. The Labute approximate surface area is 537 Å². The molecule has 0 rings (SSSR count). The van der Waals surface area contributed by atoms with Gasteiger partial charge >= 0.3 is 39.5 Å². The second kappa shape index (κ2) is 58.8. The summed E-state index contributed by atoms with van der Waals surface area (Å²) < 4.78 is 68.2. The van der Waals surface area contributed by atoms with Crippen molar-refractivity contribution in [2.45, 2.75) is 356 Å². The van der Waals surface area contributed by atoms with E-state index in [0.717, 1.165) is 114 Å². The molecule has 0 spiro atoms. The van der Waals surface area contributed by atoms with E-state index in [1.807, 2.05) is 0 Å². The van der Waals surface area contributed by atoms with E-state index in [2.05, 4.69) is 55.4 Å². The third-order valence-corrected chi connectivity index (χ3v) is 18.4. The largest absolute Gasteiger partial charge is 0.472 e. The first-order chi connectivity index (χ1) is 42.2. The van der Waals surface area contributed by atoms with Crippen LogP contribution in [0, 0.1) is 23.7 Å². The second-order valence-electron chi connectivity index (χ2n) is 26.4. The molecule has 0 aromatic heterocycles. The van der Waals surface area contributed by atoms with Gasteiger partial charge < -0.3 is 33.8 Å². The van der Waals surface area contributed by atoms with Gasteiger partial charge in [-0.2, -0.15) is 0 Å². The maximum Gasteiger partial charge on any atom is 0.472 e. The van der Waals surface area contributed by atoms with Gasteiger partial charge in [-0.05, 0) is 49.4 Å². The van der Waals surface area contributed by atoms with Crippen LogP contribution in [-0.4, -0.2) is 96.7 Å². The van der Waals surface area contributed by atoms with Crippen LogP contribution in [0.5, 0.6) is 0 Å². The minimum atomic E-state index is -4.95. The van der Waals surface area contributed by atoms with Crippen molar-refractivity contribution < 1.29 is 80.2 Å². The summed E-state index contributed by atoms with van der Waals surface area (Å²) in [6, 6.07) is 0. The molecule has 522 valence electrons. The maximum atomic E-state index is 13.0. The maximum absolute atomic E-state index is 13.0. The molecule has 3 N–H and O–H groups in total. The van der Waals surface area contributed by atoms with Gasteiger partial charge in [-0.25, -0.2) is 9.13 Å². The summed E-state index contributed by atoms with van der Waals surface area (Å²) in [7, 11) is -9.90. The summed E-state index contributed by atoms with van der Waals surface area (Å²) in [6.45, 7) is 14.0. The summed E-state index contributed by atoms with van der Waals surface area (Å²) in [6.07, 6.45) is 40.4. The highest BCUT2D eigenvalue weighted by molar-refractivity contribution is 7.47. The molecule has 0 saturated heterocycles. The SMILES string of the molecule is CCC(C)CCCCCCCCCCC(=O)O[C@H](COC(=O)CCCCCCCCCC(C)C)COP(=O)(O)OCC(O)COP(=O)(O)OC[C@@H](COC(=O)CCCCCCCCCCCCCCCC(C)C)OC(=O)CCCCCCCCC(C)CC. The highest BCUT2D eigenvalue weighted by atomic mass is 31.2. The number of unbranched alkanes of at least 4 members (excludes halogenated alkanes) is 30. The zero-order valence-electron chi connectivity index (χ0n) is 57.3. The van der Waals surface area contributed by atoms with Crippen LogP contribution in [0.25, 0.3) is 0 Å². The van der Waals surface area contributed by atoms with Crippen LogP contribution in [0.2, 0.25) is 0 Å². The van der Waals surface area contributed by atoms with Crippen molar-refractivity contribution in [2.75, 3.05) is 39.6 Å². The first-order valence-electron chi connectivity index (χ1n) is 35.8. The molecule has 0 aliphatic carbocycles. The Morgan fingerprint density at radius 1 is 0.318 bits per heavy atom. The van der Waals surface area contributed by atoms with Crippen molar-refractivity contribution in [3.05, 3.63) is 0 Å². The van der Waals surface area contributed by atoms with Gasteiger partial charge in [0.1, 0.15) is 19.3 Å². The van der Waals surface area contributed by atoms with Crippen molar-refractivity contribution in [2.24, 2.45) is 23.7 Å². The normalized spacial score (nSPS) is 14.9. The van der Waals surface area contributed by atoms with Gasteiger partial charge in [-0.15, -0.1) is 0 Å². The molecule has 0 fully saturated rings. The molecular weight excluding hydrogens is 1160 g/mol. The molecule has 5 unspecified atom stereocenters. The van der Waals surface area contributed by atoms with Gasteiger partial charge in [0.15, 0.2) is 12.2 Å². The lowest BCUT2D eigenvalue weighted by atomic mass is 9.99. The second-order valence-corrected chi connectivity index (χ2v) is 29.3.